The summed E-state index contributed by atoms with van der Waals surface area (Å²) in [6.45, 7) is 5.25. The Morgan fingerprint density at radius 2 is 1.60 bits per heavy atom. The van der Waals surface area contributed by atoms with Gasteiger partial charge in [0.1, 0.15) is 0 Å². The smallest absolute Gasteiger partial charge is 0.0149 e. The largest absolute Gasteiger partial charge is 0.344 e. The highest BCUT2D eigenvalue weighted by atomic mass is 28.1. The predicted molar refractivity (Wildman–Crippen MR) is 32.2 cm³/mol. The molecule has 0 fully saturated rings. The Morgan fingerprint density at radius 1 is 1.60 bits per heavy atom. The monoisotopic (exact) mass is 91.1 g/mol. The maximum Gasteiger partial charge on any atom is -0.0149 e. The molecule has 0 radical (unpaired) electrons. The van der Waals surface area contributed by atoms with Gasteiger partial charge in [0.2, 0.25) is 0 Å². The number of hydrogen-bond donors (Lipinski definition) is 1. The summed E-state index contributed by atoms with van der Waals surface area (Å²) in [6.07, 6.45) is 1.75. The van der Waals surface area contributed by atoms with Crippen molar-refractivity contribution in [1.82, 2.24) is 6.15 Å². The van der Waals surface area contributed by atoms with E-state index in [4.69, 9.17) is 0 Å². The minimum absolute atomic E-state index is 0. The zero-order chi connectivity index (χ0) is 2.71. The predicted octanol–water partition coefficient (Wildman–Crippen LogP) is -0.0973. The zero-order valence-electron chi connectivity index (χ0n) is 2.99. The lowest BCUT2D eigenvalue weighted by molar-refractivity contribution is 1.80. The van der Waals surface area contributed by atoms with E-state index >= 15 is 0 Å². The first-order valence-corrected chi connectivity index (χ1v) is 0.986. The summed E-state index contributed by atoms with van der Waals surface area (Å²) in [5, 5.41) is 0. The molecule has 2 heteroatoms. The molecular formula is C3H13NSi. The molecular weight excluding hydrogens is 78.1 g/mol. The van der Waals surface area contributed by atoms with Gasteiger partial charge >= 0.3 is 0 Å². The average Bonchev–Trinajstić information content (AvgIpc) is 0.918. The summed E-state index contributed by atoms with van der Waals surface area (Å²) in [6, 6.07) is 0. The highest BCUT2D eigenvalue weighted by molar-refractivity contribution is 5.75. The second-order valence-electron chi connectivity index (χ2n) is 0.408. The molecule has 0 saturated carbocycles. The summed E-state index contributed by atoms with van der Waals surface area (Å²) >= 11 is 0. The van der Waals surface area contributed by atoms with Crippen LogP contribution in [0.3, 0.4) is 0 Å². The van der Waals surface area contributed by atoms with Crippen molar-refractivity contribution in [3.63, 3.8) is 0 Å². The number of rotatable bonds is 0. The van der Waals surface area contributed by atoms with Crippen molar-refractivity contribution in [1.29, 1.82) is 0 Å². The molecule has 0 aromatic carbocycles. The Hall–Kier alpha value is -0.0831. The fourth-order valence-corrected chi connectivity index (χ4v) is 0. The molecule has 0 rings (SSSR count). The minimum Gasteiger partial charge on any atom is -0.344 e. The van der Waals surface area contributed by atoms with Gasteiger partial charge in [0.25, 0.3) is 0 Å². The van der Waals surface area contributed by atoms with Gasteiger partial charge in [-0.3, -0.25) is 0 Å². The van der Waals surface area contributed by atoms with Crippen LogP contribution >= 0.6 is 0 Å². The van der Waals surface area contributed by atoms with Gasteiger partial charge in [0.05, 0.1) is 0 Å². The molecule has 0 spiro atoms. The lowest BCUT2D eigenvalue weighted by Crippen LogP contribution is -1.07. The SMILES string of the molecule is C=CC.N.[SiH4]. The fourth-order valence-electron chi connectivity index (χ4n) is 0. The first-order valence-electron chi connectivity index (χ1n) is 0.986. The highest BCUT2D eigenvalue weighted by Crippen LogP contribution is 1.38. The molecule has 0 unspecified atom stereocenters. The van der Waals surface area contributed by atoms with Crippen molar-refractivity contribution >= 4 is 11.0 Å². The van der Waals surface area contributed by atoms with Crippen LogP contribution < -0.4 is 6.15 Å². The Bertz CT molecular complexity index is 14.4. The standard InChI is InChI=1S/C3H6.H3N.H4Si/c1-3-2;;/h3H,1H2,2H3;1H3;1H4. The van der Waals surface area contributed by atoms with E-state index in [0.29, 0.717) is 0 Å². The van der Waals surface area contributed by atoms with Gasteiger partial charge in [-0.2, -0.15) is 0 Å². The first kappa shape index (κ1) is 20.5. The van der Waals surface area contributed by atoms with Crippen molar-refractivity contribution in [2.24, 2.45) is 0 Å². The van der Waals surface area contributed by atoms with Gasteiger partial charge in [-0.15, -0.1) is 6.58 Å². The van der Waals surface area contributed by atoms with Gasteiger partial charge in [-0.1, -0.05) is 6.08 Å². The number of allylic oxidation sites excluding steroid dienone is 1. The van der Waals surface area contributed by atoms with Crippen molar-refractivity contribution in [2.45, 2.75) is 6.92 Å². The van der Waals surface area contributed by atoms with E-state index in [1.807, 2.05) is 6.92 Å². The molecule has 0 atom stereocenters. The summed E-state index contributed by atoms with van der Waals surface area (Å²) < 4.78 is 0. The minimum atomic E-state index is 0. The van der Waals surface area contributed by atoms with Crippen LogP contribution in [0.5, 0.6) is 0 Å². The molecule has 0 aromatic heterocycles. The van der Waals surface area contributed by atoms with Crippen LogP contribution in [0.25, 0.3) is 0 Å². The fraction of sp³-hybridized carbons (Fsp3) is 0.333. The van der Waals surface area contributed by atoms with E-state index in [9.17, 15) is 0 Å². The van der Waals surface area contributed by atoms with Crippen molar-refractivity contribution in [3.8, 4) is 0 Å². The Morgan fingerprint density at radius 3 is 1.60 bits per heavy atom. The maximum absolute atomic E-state index is 3.36. The third-order valence-corrected chi connectivity index (χ3v) is 0. The number of hydrogen-bond acceptors (Lipinski definition) is 1. The van der Waals surface area contributed by atoms with E-state index in [0.717, 1.165) is 0 Å². The molecule has 0 aliphatic heterocycles. The Labute approximate surface area is 37.7 Å². The summed E-state index contributed by atoms with van der Waals surface area (Å²) in [5.74, 6) is 0. The van der Waals surface area contributed by atoms with Gasteiger partial charge in [0.15, 0.2) is 0 Å². The normalized spacial score (nSPS) is 2.60. The van der Waals surface area contributed by atoms with Crippen LogP contribution in [0.4, 0.5) is 0 Å². The zero-order valence-corrected chi connectivity index (χ0v) is 2.99. The van der Waals surface area contributed by atoms with Crippen molar-refractivity contribution in [3.05, 3.63) is 12.7 Å². The van der Waals surface area contributed by atoms with Crippen LogP contribution in [0.15, 0.2) is 12.7 Å². The highest BCUT2D eigenvalue weighted by Gasteiger charge is 1.15. The molecule has 0 aliphatic carbocycles. The van der Waals surface area contributed by atoms with Crippen LogP contribution in [0.2, 0.25) is 0 Å². The van der Waals surface area contributed by atoms with Crippen molar-refractivity contribution in [2.75, 3.05) is 0 Å². The quantitative estimate of drug-likeness (QED) is 0.328. The summed E-state index contributed by atoms with van der Waals surface area (Å²) in [4.78, 5) is 0. The van der Waals surface area contributed by atoms with E-state index in [1.54, 1.807) is 6.08 Å². The topological polar surface area (TPSA) is 35.0 Å². The van der Waals surface area contributed by atoms with Crippen LogP contribution in [-0.2, 0) is 0 Å². The molecule has 0 aliphatic rings. The second kappa shape index (κ2) is 39.6. The molecule has 0 amide bonds. The lowest BCUT2D eigenvalue weighted by atomic mass is 10.8. The molecule has 0 bridgehead atoms. The Kier molecular flexibility index (Phi) is 163. The van der Waals surface area contributed by atoms with Gasteiger partial charge in [0, 0.05) is 0 Å². The third-order valence-electron chi connectivity index (χ3n) is 0. The van der Waals surface area contributed by atoms with Crippen LogP contribution in [-0.4, -0.2) is 11.0 Å². The van der Waals surface area contributed by atoms with Crippen molar-refractivity contribution < 1.29 is 0 Å². The van der Waals surface area contributed by atoms with E-state index in [2.05, 4.69) is 6.58 Å². The van der Waals surface area contributed by atoms with Gasteiger partial charge in [-0.05, 0) is 17.9 Å². The molecule has 34 valence electrons. The van der Waals surface area contributed by atoms with E-state index < -0.39 is 0 Å². The van der Waals surface area contributed by atoms with Gasteiger partial charge < -0.3 is 6.15 Å². The van der Waals surface area contributed by atoms with E-state index in [-0.39, 0.29) is 17.1 Å². The van der Waals surface area contributed by atoms with Crippen LogP contribution in [0.1, 0.15) is 6.92 Å². The average molecular weight is 91.2 g/mol. The summed E-state index contributed by atoms with van der Waals surface area (Å²) in [7, 11) is 0. The first-order chi connectivity index (χ1) is 1.41. The third kappa shape index (κ3) is 2080. The molecule has 3 N–H and O–H groups in total. The lowest BCUT2D eigenvalue weighted by Gasteiger charge is -1.31. The van der Waals surface area contributed by atoms with Crippen LogP contribution in [0, 0.1) is 0 Å². The second-order valence-corrected chi connectivity index (χ2v) is 0.408. The Balaban J connectivity index is -0.0000000200. The van der Waals surface area contributed by atoms with Gasteiger partial charge in [-0.25, -0.2) is 0 Å². The van der Waals surface area contributed by atoms with E-state index in [1.165, 1.54) is 0 Å². The summed E-state index contributed by atoms with van der Waals surface area (Å²) in [5.41, 5.74) is 0. The molecule has 1 nitrogen and oxygen atoms in total. The molecule has 0 aromatic rings. The molecule has 0 saturated heterocycles. The maximum atomic E-state index is 3.36. The molecule has 5 heavy (non-hydrogen) atoms. The molecule has 0 heterocycles.